The number of anilines is 1. The topological polar surface area (TPSA) is 28.5 Å². The van der Waals surface area contributed by atoms with Crippen LogP contribution in [0.2, 0.25) is 0 Å². The van der Waals surface area contributed by atoms with Crippen molar-refractivity contribution < 1.29 is 9.18 Å². The van der Waals surface area contributed by atoms with E-state index >= 15 is 0 Å². The highest BCUT2D eigenvalue weighted by atomic mass is 79.9. The molecule has 1 fully saturated rings. The Balaban J connectivity index is 1.68. The highest BCUT2D eigenvalue weighted by Gasteiger charge is 2.25. The molecule has 4 nitrogen and oxygen atoms in total. The Kier molecular flexibility index (Phi) is 4.94. The third kappa shape index (κ3) is 3.48. The highest BCUT2D eigenvalue weighted by Crippen LogP contribution is 2.22. The zero-order chi connectivity index (χ0) is 17.3. The van der Waals surface area contributed by atoms with Crippen LogP contribution in [0.3, 0.4) is 0 Å². The van der Waals surface area contributed by atoms with Gasteiger partial charge in [0.05, 0.1) is 0 Å². The van der Waals surface area contributed by atoms with Crippen LogP contribution >= 0.6 is 15.9 Å². The molecule has 1 aliphatic rings. The molecule has 128 valence electrons. The quantitative estimate of drug-likeness (QED) is 0.789. The van der Waals surface area contributed by atoms with Crippen LogP contribution in [-0.2, 0) is 0 Å². The molecule has 0 bridgehead atoms. The van der Waals surface area contributed by atoms with E-state index in [1.165, 1.54) is 12.1 Å². The first kappa shape index (κ1) is 17.0. The number of amides is 1. The van der Waals surface area contributed by atoms with Gasteiger partial charge in [0.25, 0.3) is 5.91 Å². The van der Waals surface area contributed by atoms with Gasteiger partial charge in [-0.1, -0.05) is 0 Å². The molecular formula is C18H21BrFN3O. The number of aromatic nitrogens is 1. The van der Waals surface area contributed by atoms with E-state index in [2.05, 4.69) is 34.7 Å². The van der Waals surface area contributed by atoms with E-state index in [4.69, 9.17) is 0 Å². The molecule has 0 unspecified atom stereocenters. The van der Waals surface area contributed by atoms with Crippen molar-refractivity contribution in [3.8, 4) is 0 Å². The maximum atomic E-state index is 13.0. The van der Waals surface area contributed by atoms with Crippen LogP contribution in [0.5, 0.6) is 0 Å². The molecule has 0 atom stereocenters. The Hall–Kier alpha value is -1.82. The average Bonchev–Trinajstić information content (AvgIpc) is 2.97. The zero-order valence-electron chi connectivity index (χ0n) is 13.9. The Morgan fingerprint density at radius 1 is 1.12 bits per heavy atom. The number of hydrogen-bond donors (Lipinski definition) is 0. The van der Waals surface area contributed by atoms with Crippen LogP contribution < -0.4 is 4.90 Å². The van der Waals surface area contributed by atoms with E-state index in [9.17, 15) is 9.18 Å². The summed E-state index contributed by atoms with van der Waals surface area (Å²) in [5.74, 6) is -0.166. The second-order valence-corrected chi connectivity index (χ2v) is 7.22. The monoisotopic (exact) mass is 393 g/mol. The molecule has 1 aromatic carbocycles. The summed E-state index contributed by atoms with van der Waals surface area (Å²) in [4.78, 5) is 16.9. The lowest BCUT2D eigenvalue weighted by Gasteiger charge is -2.36. The maximum Gasteiger partial charge on any atom is 0.270 e. The summed E-state index contributed by atoms with van der Waals surface area (Å²) in [5.41, 5.74) is 1.71. The van der Waals surface area contributed by atoms with Crippen molar-refractivity contribution in [1.82, 2.24) is 9.47 Å². The molecule has 1 amide bonds. The standard InChI is InChI=1S/C18H21BrFN3O/c1-13(2)23-12-14(19)11-17(23)18(24)22-9-7-21(8-10-22)16-5-3-15(20)4-6-16/h3-6,11-13H,7-10H2,1-2H3. The molecule has 24 heavy (non-hydrogen) atoms. The summed E-state index contributed by atoms with van der Waals surface area (Å²) in [7, 11) is 0. The summed E-state index contributed by atoms with van der Waals surface area (Å²) in [6, 6.07) is 8.63. The zero-order valence-corrected chi connectivity index (χ0v) is 15.5. The SMILES string of the molecule is CC(C)n1cc(Br)cc1C(=O)N1CCN(c2ccc(F)cc2)CC1. The van der Waals surface area contributed by atoms with E-state index in [1.54, 1.807) is 12.1 Å². The minimum atomic E-state index is -0.229. The summed E-state index contributed by atoms with van der Waals surface area (Å²) < 4.78 is 16.0. The lowest BCUT2D eigenvalue weighted by Crippen LogP contribution is -2.49. The van der Waals surface area contributed by atoms with Crippen molar-refractivity contribution in [3.63, 3.8) is 0 Å². The fourth-order valence-electron chi connectivity index (χ4n) is 3.03. The highest BCUT2D eigenvalue weighted by molar-refractivity contribution is 9.10. The van der Waals surface area contributed by atoms with Crippen molar-refractivity contribution in [3.05, 3.63) is 52.5 Å². The summed E-state index contributed by atoms with van der Waals surface area (Å²) in [5, 5.41) is 0. The molecule has 2 heterocycles. The first-order chi connectivity index (χ1) is 11.5. The third-order valence-electron chi connectivity index (χ3n) is 4.35. The van der Waals surface area contributed by atoms with E-state index in [1.807, 2.05) is 21.7 Å². The fourth-order valence-corrected chi connectivity index (χ4v) is 3.46. The molecule has 2 aromatic rings. The van der Waals surface area contributed by atoms with Gasteiger partial charge in [0, 0.05) is 48.6 Å². The fraction of sp³-hybridized carbons (Fsp3) is 0.389. The van der Waals surface area contributed by atoms with Crippen molar-refractivity contribution in [2.75, 3.05) is 31.1 Å². The molecule has 6 heteroatoms. The van der Waals surface area contributed by atoms with Gasteiger partial charge >= 0.3 is 0 Å². The second kappa shape index (κ2) is 6.97. The lowest BCUT2D eigenvalue weighted by atomic mass is 10.2. The Bertz CT molecular complexity index is 718. The van der Waals surface area contributed by atoms with Crippen molar-refractivity contribution in [2.45, 2.75) is 19.9 Å². The van der Waals surface area contributed by atoms with Gasteiger partial charge in [-0.3, -0.25) is 4.79 Å². The smallest absolute Gasteiger partial charge is 0.270 e. The van der Waals surface area contributed by atoms with Gasteiger partial charge < -0.3 is 14.4 Å². The number of carbonyl (C=O) groups excluding carboxylic acids is 1. The normalized spacial score (nSPS) is 15.2. The van der Waals surface area contributed by atoms with Crippen LogP contribution in [0.4, 0.5) is 10.1 Å². The second-order valence-electron chi connectivity index (χ2n) is 6.30. The van der Waals surface area contributed by atoms with Gasteiger partial charge in [0.15, 0.2) is 0 Å². The first-order valence-corrected chi connectivity index (χ1v) is 8.92. The average molecular weight is 394 g/mol. The van der Waals surface area contributed by atoms with Gasteiger partial charge in [-0.2, -0.15) is 0 Å². The van der Waals surface area contributed by atoms with Crippen LogP contribution in [0, 0.1) is 5.82 Å². The maximum absolute atomic E-state index is 13.0. The van der Waals surface area contributed by atoms with Gasteiger partial charge in [0.1, 0.15) is 11.5 Å². The molecule has 1 aromatic heterocycles. The van der Waals surface area contributed by atoms with Crippen LogP contribution in [-0.4, -0.2) is 41.6 Å². The van der Waals surface area contributed by atoms with Gasteiger partial charge in [-0.15, -0.1) is 0 Å². The minimum Gasteiger partial charge on any atom is -0.368 e. The number of benzene rings is 1. The molecule has 1 saturated heterocycles. The molecular weight excluding hydrogens is 373 g/mol. The Morgan fingerprint density at radius 3 is 2.33 bits per heavy atom. The summed E-state index contributed by atoms with van der Waals surface area (Å²) in [6.07, 6.45) is 1.95. The number of piperazine rings is 1. The number of hydrogen-bond acceptors (Lipinski definition) is 2. The molecule has 0 N–H and O–H groups in total. The largest absolute Gasteiger partial charge is 0.368 e. The molecule has 0 radical (unpaired) electrons. The van der Waals surface area contributed by atoms with Crippen molar-refractivity contribution >= 4 is 27.5 Å². The third-order valence-corrected chi connectivity index (χ3v) is 4.78. The predicted octanol–water partition coefficient (Wildman–Crippen LogP) is 3.93. The number of rotatable bonds is 3. The van der Waals surface area contributed by atoms with Crippen LogP contribution in [0.25, 0.3) is 0 Å². The van der Waals surface area contributed by atoms with E-state index < -0.39 is 0 Å². The van der Waals surface area contributed by atoms with Gasteiger partial charge in [0.2, 0.25) is 0 Å². The van der Waals surface area contributed by atoms with Crippen LogP contribution in [0.15, 0.2) is 41.0 Å². The van der Waals surface area contributed by atoms with Crippen molar-refractivity contribution in [2.24, 2.45) is 0 Å². The molecule has 0 spiro atoms. The van der Waals surface area contributed by atoms with Gasteiger partial charge in [-0.05, 0) is 60.1 Å². The van der Waals surface area contributed by atoms with E-state index in [-0.39, 0.29) is 17.8 Å². The predicted molar refractivity (Wildman–Crippen MR) is 97.0 cm³/mol. The Labute approximate surface area is 150 Å². The lowest BCUT2D eigenvalue weighted by molar-refractivity contribution is 0.0734. The number of carbonyl (C=O) groups is 1. The summed E-state index contributed by atoms with van der Waals surface area (Å²) >= 11 is 3.46. The van der Waals surface area contributed by atoms with E-state index in [0.29, 0.717) is 18.8 Å². The van der Waals surface area contributed by atoms with E-state index in [0.717, 1.165) is 23.2 Å². The molecule has 0 aliphatic carbocycles. The Morgan fingerprint density at radius 2 is 1.75 bits per heavy atom. The van der Waals surface area contributed by atoms with Gasteiger partial charge in [-0.25, -0.2) is 4.39 Å². The molecule has 3 rings (SSSR count). The van der Waals surface area contributed by atoms with Crippen molar-refractivity contribution in [1.29, 1.82) is 0 Å². The summed E-state index contributed by atoms with van der Waals surface area (Å²) in [6.45, 7) is 6.96. The van der Waals surface area contributed by atoms with Crippen LogP contribution in [0.1, 0.15) is 30.4 Å². The number of halogens is 2. The minimum absolute atomic E-state index is 0.0631. The first-order valence-electron chi connectivity index (χ1n) is 8.13. The molecule has 0 saturated carbocycles. The number of nitrogens with zero attached hydrogens (tertiary/aromatic N) is 3. The molecule has 1 aliphatic heterocycles.